The summed E-state index contributed by atoms with van der Waals surface area (Å²) in [6.07, 6.45) is -5.43. The van der Waals surface area contributed by atoms with Crippen molar-refractivity contribution in [2.75, 3.05) is 18.7 Å². The molecule has 0 aliphatic heterocycles. The molecule has 0 aliphatic carbocycles. The maximum absolute atomic E-state index is 11.8. The topological polar surface area (TPSA) is 136 Å². The molecule has 0 aromatic heterocycles. The number of aliphatic hydroxyl groups excluding tert-OH is 4. The second kappa shape index (κ2) is 7.17. The minimum Gasteiger partial charge on any atom is -0.497 e. The Morgan fingerprint density at radius 1 is 1.30 bits per heavy atom. The van der Waals surface area contributed by atoms with Gasteiger partial charge in [-0.05, 0) is 24.3 Å². The van der Waals surface area contributed by atoms with Crippen LogP contribution in [0.3, 0.4) is 0 Å². The lowest BCUT2D eigenvalue weighted by molar-refractivity contribution is -0.139. The van der Waals surface area contributed by atoms with Crippen LogP contribution in [0.15, 0.2) is 24.3 Å². The van der Waals surface area contributed by atoms with Crippen LogP contribution in [0.1, 0.15) is 0 Å². The molecule has 1 aromatic carbocycles. The second-order valence-electron chi connectivity index (χ2n) is 4.09. The molecule has 0 aliphatic rings. The summed E-state index contributed by atoms with van der Waals surface area (Å²) in [6.45, 7) is -0.793. The number of rotatable bonds is 6. The van der Waals surface area contributed by atoms with Crippen LogP contribution in [0.2, 0.25) is 0 Å². The highest BCUT2D eigenvalue weighted by atomic mass is 16.5. The fraction of sp³-hybridized carbons (Fsp3) is 0.417. The van der Waals surface area contributed by atoms with Gasteiger partial charge in [0.1, 0.15) is 18.0 Å². The van der Waals surface area contributed by atoms with Gasteiger partial charge in [-0.2, -0.15) is 0 Å². The first-order valence-electron chi connectivity index (χ1n) is 5.80. The molecule has 8 nitrogen and oxygen atoms in total. The van der Waals surface area contributed by atoms with E-state index >= 15 is 0 Å². The number of methoxy groups -OCH3 is 1. The number of ether oxygens (including phenoxy) is 1. The number of hydrogen-bond donors (Lipinski definition) is 5. The molecule has 0 spiro atoms. The minimum absolute atomic E-state index is 0.264. The molecule has 0 saturated heterocycles. The highest BCUT2D eigenvalue weighted by Gasteiger charge is 2.32. The van der Waals surface area contributed by atoms with Gasteiger partial charge in [0.15, 0.2) is 6.10 Å². The van der Waals surface area contributed by atoms with Crippen LogP contribution in [0.25, 0.3) is 0 Å². The SMILES string of the molecule is COc1ccc(N(N)C(=O)[C@@H](O)[C@H](O)[C@H](O)CO)cc1. The number of amides is 1. The Hall–Kier alpha value is -1.71. The molecule has 0 unspecified atom stereocenters. The van der Waals surface area contributed by atoms with E-state index in [9.17, 15) is 20.1 Å². The third kappa shape index (κ3) is 3.65. The summed E-state index contributed by atoms with van der Waals surface area (Å²) in [4.78, 5) is 11.8. The largest absolute Gasteiger partial charge is 0.497 e. The Kier molecular flexibility index (Phi) is 5.86. The molecule has 1 aromatic rings. The summed E-state index contributed by atoms with van der Waals surface area (Å²) in [5.41, 5.74) is 0.264. The molecule has 0 radical (unpaired) electrons. The standard InChI is InChI=1S/C12H18N2O6/c1-20-8-4-2-7(3-5-8)14(13)12(19)11(18)10(17)9(16)6-15/h2-5,9-11,15-18H,6,13H2,1H3/t9-,10-,11+/m1/s1. The summed E-state index contributed by atoms with van der Waals surface area (Å²) in [6, 6.07) is 6.10. The van der Waals surface area contributed by atoms with E-state index in [1.165, 1.54) is 19.2 Å². The average Bonchev–Trinajstić information content (AvgIpc) is 2.51. The van der Waals surface area contributed by atoms with Crippen LogP contribution in [0.5, 0.6) is 5.75 Å². The molecule has 1 amide bonds. The van der Waals surface area contributed by atoms with Crippen molar-refractivity contribution in [2.24, 2.45) is 5.84 Å². The predicted octanol–water partition coefficient (Wildman–Crippen LogP) is -2.02. The fourth-order valence-electron chi connectivity index (χ4n) is 1.48. The maximum atomic E-state index is 11.8. The van der Waals surface area contributed by atoms with E-state index in [0.717, 1.165) is 0 Å². The number of anilines is 1. The van der Waals surface area contributed by atoms with Crippen LogP contribution in [0, 0.1) is 0 Å². The van der Waals surface area contributed by atoms with Crippen molar-refractivity contribution < 1.29 is 30.0 Å². The number of carbonyl (C=O) groups excluding carboxylic acids is 1. The first-order chi connectivity index (χ1) is 9.42. The number of carbonyl (C=O) groups is 1. The number of aliphatic hydroxyl groups is 4. The van der Waals surface area contributed by atoms with Crippen molar-refractivity contribution in [1.29, 1.82) is 0 Å². The van der Waals surface area contributed by atoms with Crippen molar-refractivity contribution >= 4 is 11.6 Å². The summed E-state index contributed by atoms with van der Waals surface area (Å²) in [5, 5.41) is 37.5. The van der Waals surface area contributed by atoms with Gasteiger partial charge in [0.05, 0.1) is 19.4 Å². The van der Waals surface area contributed by atoms with Gasteiger partial charge in [0.25, 0.3) is 5.91 Å². The Bertz CT molecular complexity index is 438. The van der Waals surface area contributed by atoms with Crippen molar-refractivity contribution in [3.8, 4) is 5.75 Å². The van der Waals surface area contributed by atoms with Gasteiger partial charge < -0.3 is 25.2 Å². The number of nitrogens with zero attached hydrogens (tertiary/aromatic N) is 1. The number of benzene rings is 1. The summed E-state index contributed by atoms with van der Waals surface area (Å²) in [5.74, 6) is 5.08. The van der Waals surface area contributed by atoms with Crippen LogP contribution < -0.4 is 15.6 Å². The molecule has 0 bridgehead atoms. The van der Waals surface area contributed by atoms with Crippen LogP contribution in [0.4, 0.5) is 5.69 Å². The van der Waals surface area contributed by atoms with E-state index in [1.807, 2.05) is 0 Å². The van der Waals surface area contributed by atoms with E-state index in [4.69, 9.17) is 15.7 Å². The molecular weight excluding hydrogens is 268 g/mol. The van der Waals surface area contributed by atoms with E-state index in [-0.39, 0.29) is 5.69 Å². The molecule has 1 rings (SSSR count). The Labute approximate surface area is 115 Å². The number of hydrogen-bond acceptors (Lipinski definition) is 7. The third-order valence-electron chi connectivity index (χ3n) is 2.75. The number of hydrazine groups is 1. The Morgan fingerprint density at radius 2 is 1.85 bits per heavy atom. The van der Waals surface area contributed by atoms with Crippen molar-refractivity contribution in [2.45, 2.75) is 18.3 Å². The average molecular weight is 286 g/mol. The second-order valence-corrected chi connectivity index (χ2v) is 4.09. The highest BCUT2D eigenvalue weighted by molar-refractivity contribution is 5.95. The fourth-order valence-corrected chi connectivity index (χ4v) is 1.48. The zero-order valence-corrected chi connectivity index (χ0v) is 10.9. The summed E-state index contributed by atoms with van der Waals surface area (Å²) < 4.78 is 4.95. The van der Waals surface area contributed by atoms with E-state index < -0.39 is 30.8 Å². The Morgan fingerprint density at radius 3 is 2.30 bits per heavy atom. The third-order valence-corrected chi connectivity index (χ3v) is 2.75. The van der Waals surface area contributed by atoms with E-state index in [0.29, 0.717) is 10.8 Å². The van der Waals surface area contributed by atoms with E-state index in [2.05, 4.69) is 0 Å². The summed E-state index contributed by atoms with van der Waals surface area (Å²) in [7, 11) is 1.48. The first-order valence-corrected chi connectivity index (χ1v) is 5.80. The van der Waals surface area contributed by atoms with Crippen molar-refractivity contribution in [3.63, 3.8) is 0 Å². The molecule has 6 N–H and O–H groups in total. The maximum Gasteiger partial charge on any atom is 0.272 e. The zero-order valence-electron chi connectivity index (χ0n) is 10.9. The Balaban J connectivity index is 2.79. The molecule has 112 valence electrons. The first kappa shape index (κ1) is 16.3. The van der Waals surface area contributed by atoms with Gasteiger partial charge in [-0.3, -0.25) is 4.79 Å². The number of nitrogens with two attached hydrogens (primary N) is 1. The van der Waals surface area contributed by atoms with Gasteiger partial charge in [0.2, 0.25) is 0 Å². The summed E-state index contributed by atoms with van der Waals surface area (Å²) >= 11 is 0. The molecule has 3 atom stereocenters. The lowest BCUT2D eigenvalue weighted by atomic mass is 10.1. The smallest absolute Gasteiger partial charge is 0.272 e. The van der Waals surface area contributed by atoms with Crippen LogP contribution in [-0.4, -0.2) is 58.4 Å². The lowest BCUT2D eigenvalue weighted by Gasteiger charge is -2.25. The molecular formula is C12H18N2O6. The van der Waals surface area contributed by atoms with Gasteiger partial charge in [0, 0.05) is 0 Å². The normalized spacial score (nSPS) is 15.3. The minimum atomic E-state index is -1.95. The molecule has 0 fully saturated rings. The monoisotopic (exact) mass is 286 g/mol. The highest BCUT2D eigenvalue weighted by Crippen LogP contribution is 2.18. The van der Waals surface area contributed by atoms with Crippen LogP contribution in [-0.2, 0) is 4.79 Å². The molecule has 8 heteroatoms. The van der Waals surface area contributed by atoms with Gasteiger partial charge in [-0.1, -0.05) is 0 Å². The van der Waals surface area contributed by atoms with Crippen LogP contribution >= 0.6 is 0 Å². The predicted molar refractivity (Wildman–Crippen MR) is 69.8 cm³/mol. The molecule has 0 heterocycles. The van der Waals surface area contributed by atoms with Crippen molar-refractivity contribution in [1.82, 2.24) is 0 Å². The lowest BCUT2D eigenvalue weighted by Crippen LogP contribution is -2.52. The van der Waals surface area contributed by atoms with Gasteiger partial charge in [-0.15, -0.1) is 0 Å². The van der Waals surface area contributed by atoms with Crippen molar-refractivity contribution in [3.05, 3.63) is 24.3 Å². The van der Waals surface area contributed by atoms with Gasteiger partial charge in [-0.25, -0.2) is 10.9 Å². The molecule has 20 heavy (non-hydrogen) atoms. The zero-order chi connectivity index (χ0) is 15.3. The van der Waals surface area contributed by atoms with Gasteiger partial charge >= 0.3 is 0 Å². The van der Waals surface area contributed by atoms with E-state index in [1.54, 1.807) is 12.1 Å². The molecule has 0 saturated carbocycles. The quantitative estimate of drug-likeness (QED) is 0.231.